The van der Waals surface area contributed by atoms with Crippen LogP contribution in [0.25, 0.3) is 11.4 Å². The molecule has 3 aromatic rings. The molecule has 0 atom stereocenters. The maximum absolute atomic E-state index is 13.5. The van der Waals surface area contributed by atoms with Gasteiger partial charge in [-0.3, -0.25) is 9.69 Å². The molecule has 10 heteroatoms. The Morgan fingerprint density at radius 1 is 1.09 bits per heavy atom. The number of aryl methyl sites for hydroxylation is 1. The van der Waals surface area contributed by atoms with Crippen molar-refractivity contribution in [2.45, 2.75) is 19.6 Å². The fourth-order valence-corrected chi connectivity index (χ4v) is 3.61. The number of carbonyl (C=O) groups excluding carboxylic acids is 1. The number of amides is 1. The van der Waals surface area contributed by atoms with E-state index in [1.165, 1.54) is 4.90 Å². The van der Waals surface area contributed by atoms with Gasteiger partial charge in [-0.15, -0.1) is 0 Å². The molecule has 6 nitrogen and oxygen atoms in total. The number of halogens is 4. The van der Waals surface area contributed by atoms with Gasteiger partial charge in [0.1, 0.15) is 5.82 Å². The normalized spacial score (nSPS) is 15.2. The lowest BCUT2D eigenvalue weighted by Crippen LogP contribution is -2.48. The summed E-state index contributed by atoms with van der Waals surface area (Å²) in [5.74, 6) is -1.02. The molecule has 0 radical (unpaired) electrons. The number of hydrogen-bond donors (Lipinski definition) is 0. The highest BCUT2D eigenvalue weighted by atomic mass is 19.4. The molecule has 0 bridgehead atoms. The topological polar surface area (TPSA) is 62.5 Å². The summed E-state index contributed by atoms with van der Waals surface area (Å²) < 4.78 is 57.6. The number of alkyl halides is 3. The number of nitrogens with zero attached hydrogens (tertiary/aromatic N) is 4. The van der Waals surface area contributed by atoms with Gasteiger partial charge in [0.15, 0.2) is 0 Å². The molecule has 168 valence electrons. The fraction of sp³-hybridized carbons (Fsp3) is 0.318. The third-order valence-electron chi connectivity index (χ3n) is 5.39. The van der Waals surface area contributed by atoms with Gasteiger partial charge in [-0.05, 0) is 30.7 Å². The third kappa shape index (κ3) is 4.64. The Balaban J connectivity index is 1.37. The van der Waals surface area contributed by atoms with E-state index in [1.54, 1.807) is 0 Å². The van der Waals surface area contributed by atoms with Gasteiger partial charge in [0.2, 0.25) is 11.7 Å². The zero-order chi connectivity index (χ0) is 22.9. The number of rotatable bonds is 4. The summed E-state index contributed by atoms with van der Waals surface area (Å²) in [7, 11) is 0. The van der Waals surface area contributed by atoms with Crippen molar-refractivity contribution in [3.8, 4) is 11.4 Å². The first-order valence-corrected chi connectivity index (χ1v) is 9.99. The molecule has 1 saturated heterocycles. The van der Waals surface area contributed by atoms with Gasteiger partial charge < -0.3 is 9.42 Å². The van der Waals surface area contributed by atoms with Gasteiger partial charge in [-0.2, -0.15) is 18.2 Å². The fourth-order valence-electron chi connectivity index (χ4n) is 3.61. The van der Waals surface area contributed by atoms with E-state index >= 15 is 0 Å². The van der Waals surface area contributed by atoms with Crippen molar-refractivity contribution in [1.82, 2.24) is 19.9 Å². The van der Waals surface area contributed by atoms with Crippen molar-refractivity contribution in [2.75, 3.05) is 26.2 Å². The highest BCUT2D eigenvalue weighted by Crippen LogP contribution is 2.32. The van der Waals surface area contributed by atoms with Crippen LogP contribution in [0.1, 0.15) is 27.4 Å². The molecule has 0 N–H and O–H groups in total. The maximum Gasteiger partial charge on any atom is 0.419 e. The van der Waals surface area contributed by atoms with E-state index in [0.29, 0.717) is 56.6 Å². The smallest absolute Gasteiger partial charge is 0.338 e. The SMILES string of the molecule is Cc1ccccc1-c1noc(CN2CCN(C(=O)c3ccc(F)c(C(F)(F)F)c3)CC2)n1. The minimum absolute atomic E-state index is 0.188. The number of carbonyl (C=O) groups is 1. The number of hydrogen-bond acceptors (Lipinski definition) is 5. The Morgan fingerprint density at radius 3 is 2.50 bits per heavy atom. The molecule has 4 rings (SSSR count). The second-order valence-corrected chi connectivity index (χ2v) is 7.59. The minimum Gasteiger partial charge on any atom is -0.338 e. The Morgan fingerprint density at radius 2 is 1.81 bits per heavy atom. The summed E-state index contributed by atoms with van der Waals surface area (Å²) in [4.78, 5) is 20.5. The van der Waals surface area contributed by atoms with Gasteiger partial charge in [-0.25, -0.2) is 4.39 Å². The van der Waals surface area contributed by atoms with Crippen LogP contribution in [0.15, 0.2) is 47.0 Å². The second kappa shape index (κ2) is 8.70. The molecule has 2 heterocycles. The molecule has 1 aliphatic heterocycles. The summed E-state index contributed by atoms with van der Waals surface area (Å²) in [5.41, 5.74) is 0.284. The number of aromatic nitrogens is 2. The summed E-state index contributed by atoms with van der Waals surface area (Å²) in [5, 5.41) is 4.03. The quantitative estimate of drug-likeness (QED) is 0.561. The molecule has 1 fully saturated rings. The molecule has 0 spiro atoms. The average Bonchev–Trinajstić information content (AvgIpc) is 3.22. The zero-order valence-corrected chi connectivity index (χ0v) is 17.2. The second-order valence-electron chi connectivity index (χ2n) is 7.59. The van der Waals surface area contributed by atoms with Crippen molar-refractivity contribution in [1.29, 1.82) is 0 Å². The predicted molar refractivity (Wildman–Crippen MR) is 107 cm³/mol. The van der Waals surface area contributed by atoms with Crippen molar-refractivity contribution in [3.05, 3.63) is 70.9 Å². The molecule has 0 aliphatic carbocycles. The number of piperazine rings is 1. The van der Waals surface area contributed by atoms with Crippen LogP contribution < -0.4 is 0 Å². The van der Waals surface area contributed by atoms with Gasteiger partial charge in [-0.1, -0.05) is 29.4 Å². The Hall–Kier alpha value is -3.27. The minimum atomic E-state index is -4.86. The Kier molecular flexibility index (Phi) is 5.96. The molecule has 1 aromatic heterocycles. The first-order valence-electron chi connectivity index (χ1n) is 9.99. The van der Waals surface area contributed by atoms with Crippen LogP contribution in [0.2, 0.25) is 0 Å². The van der Waals surface area contributed by atoms with E-state index in [9.17, 15) is 22.4 Å². The van der Waals surface area contributed by atoms with Gasteiger partial charge in [0, 0.05) is 37.3 Å². The molecule has 0 saturated carbocycles. The van der Waals surface area contributed by atoms with E-state index in [4.69, 9.17) is 4.52 Å². The van der Waals surface area contributed by atoms with Crippen LogP contribution in [-0.4, -0.2) is 52.0 Å². The molecule has 1 aliphatic rings. The molecule has 32 heavy (non-hydrogen) atoms. The van der Waals surface area contributed by atoms with Gasteiger partial charge >= 0.3 is 6.18 Å². The van der Waals surface area contributed by atoms with Crippen LogP contribution in [0.4, 0.5) is 17.6 Å². The lowest BCUT2D eigenvalue weighted by atomic mass is 10.1. The van der Waals surface area contributed by atoms with E-state index in [2.05, 4.69) is 10.1 Å². The summed E-state index contributed by atoms with van der Waals surface area (Å²) in [6.07, 6.45) is -4.86. The highest BCUT2D eigenvalue weighted by molar-refractivity contribution is 5.94. The van der Waals surface area contributed by atoms with Crippen molar-refractivity contribution in [3.63, 3.8) is 0 Å². The van der Waals surface area contributed by atoms with E-state index in [0.717, 1.165) is 17.2 Å². The molecule has 1 amide bonds. The Bertz CT molecular complexity index is 1120. The first kappa shape index (κ1) is 21.9. The van der Waals surface area contributed by atoms with Crippen LogP contribution in [0.3, 0.4) is 0 Å². The summed E-state index contributed by atoms with van der Waals surface area (Å²) in [6, 6.07) is 10.0. The van der Waals surface area contributed by atoms with E-state index in [1.807, 2.05) is 36.1 Å². The maximum atomic E-state index is 13.5. The molecule has 2 aromatic carbocycles. The van der Waals surface area contributed by atoms with Crippen molar-refractivity contribution >= 4 is 5.91 Å². The molecular formula is C22H20F4N4O2. The van der Waals surface area contributed by atoms with Crippen LogP contribution in [0, 0.1) is 12.7 Å². The standard InChI is InChI=1S/C22H20F4N4O2/c1-14-4-2-3-5-16(14)20-27-19(32-28-20)13-29-8-10-30(11-9-29)21(31)15-6-7-18(23)17(12-15)22(24,25)26/h2-7,12H,8-11,13H2,1H3. The molecular weight excluding hydrogens is 428 g/mol. The summed E-state index contributed by atoms with van der Waals surface area (Å²) >= 11 is 0. The van der Waals surface area contributed by atoms with E-state index in [-0.39, 0.29) is 5.56 Å². The zero-order valence-electron chi connectivity index (χ0n) is 17.2. The monoisotopic (exact) mass is 448 g/mol. The highest BCUT2D eigenvalue weighted by Gasteiger charge is 2.35. The largest absolute Gasteiger partial charge is 0.419 e. The van der Waals surface area contributed by atoms with Crippen molar-refractivity contribution in [2.24, 2.45) is 0 Å². The molecule has 0 unspecified atom stereocenters. The Labute approximate surface area is 181 Å². The first-order chi connectivity index (χ1) is 15.2. The van der Waals surface area contributed by atoms with Crippen molar-refractivity contribution < 1.29 is 26.9 Å². The van der Waals surface area contributed by atoms with Crippen LogP contribution in [0.5, 0.6) is 0 Å². The van der Waals surface area contributed by atoms with Gasteiger partial charge in [0.25, 0.3) is 5.91 Å². The third-order valence-corrected chi connectivity index (χ3v) is 5.39. The van der Waals surface area contributed by atoms with Crippen LogP contribution in [-0.2, 0) is 12.7 Å². The predicted octanol–water partition coefficient (Wildman–Crippen LogP) is 4.16. The average molecular weight is 448 g/mol. The lowest BCUT2D eigenvalue weighted by Gasteiger charge is -2.34. The lowest BCUT2D eigenvalue weighted by molar-refractivity contribution is -0.140. The van der Waals surface area contributed by atoms with E-state index < -0.39 is 23.5 Å². The van der Waals surface area contributed by atoms with Crippen LogP contribution >= 0.6 is 0 Å². The summed E-state index contributed by atoms with van der Waals surface area (Å²) in [6.45, 7) is 3.96. The van der Waals surface area contributed by atoms with Gasteiger partial charge in [0.05, 0.1) is 12.1 Å². The number of benzene rings is 2.